The van der Waals surface area contributed by atoms with Crippen molar-refractivity contribution in [2.24, 2.45) is 0 Å². The second-order valence-electron chi connectivity index (χ2n) is 10.5. The molecule has 0 spiro atoms. The van der Waals surface area contributed by atoms with Gasteiger partial charge in [0.05, 0.1) is 23.0 Å². The van der Waals surface area contributed by atoms with Gasteiger partial charge in [-0.2, -0.15) is 4.31 Å². The van der Waals surface area contributed by atoms with E-state index in [0.717, 1.165) is 10.0 Å². The van der Waals surface area contributed by atoms with Crippen molar-refractivity contribution >= 4 is 60.8 Å². The van der Waals surface area contributed by atoms with Gasteiger partial charge < -0.3 is 5.32 Å². The highest BCUT2D eigenvalue weighted by Crippen LogP contribution is 2.46. The Morgan fingerprint density at radius 1 is 0.886 bits per heavy atom. The van der Waals surface area contributed by atoms with Crippen LogP contribution in [-0.2, 0) is 26.0 Å². The second kappa shape index (κ2) is 13.8. The number of hydrogen-bond donors (Lipinski definition) is 1. The van der Waals surface area contributed by atoms with Crippen LogP contribution >= 0.6 is 39.1 Å². The number of nitrogens with one attached hydrogen (secondary N) is 1. The molecule has 0 aliphatic carbocycles. The molecule has 1 heterocycles. The molecule has 1 aliphatic rings. The van der Waals surface area contributed by atoms with E-state index < -0.39 is 34.1 Å². The molecule has 0 saturated heterocycles. The van der Waals surface area contributed by atoms with Crippen molar-refractivity contribution in [3.63, 3.8) is 0 Å². The first-order chi connectivity index (χ1) is 21.0. The Morgan fingerprint density at radius 2 is 1.50 bits per heavy atom. The number of carbonyl (C=O) groups is 2. The van der Waals surface area contributed by atoms with Crippen LogP contribution in [0.2, 0.25) is 10.0 Å². The van der Waals surface area contributed by atoms with E-state index in [1.54, 1.807) is 60.7 Å². The monoisotopic (exact) mass is 710 g/mol. The van der Waals surface area contributed by atoms with Crippen LogP contribution in [0.3, 0.4) is 0 Å². The maximum atomic E-state index is 14.6. The third-order valence-electron chi connectivity index (χ3n) is 7.55. The summed E-state index contributed by atoms with van der Waals surface area (Å²) in [5, 5.41) is 3.74. The predicted octanol–water partition coefficient (Wildman–Crippen LogP) is 7.88. The highest BCUT2D eigenvalue weighted by molar-refractivity contribution is 9.10. The zero-order valence-electron chi connectivity index (χ0n) is 23.7. The molecule has 1 aliphatic heterocycles. The number of Topliss-reactive ketones (excluding diaryl/α,β-unsaturated/α-hetero) is 1. The van der Waals surface area contributed by atoms with Crippen LogP contribution in [0.1, 0.15) is 42.1 Å². The summed E-state index contributed by atoms with van der Waals surface area (Å²) in [6, 6.07) is 27.0. The van der Waals surface area contributed by atoms with Crippen molar-refractivity contribution in [3.8, 4) is 0 Å². The van der Waals surface area contributed by atoms with E-state index in [1.807, 2.05) is 36.4 Å². The van der Waals surface area contributed by atoms with Crippen molar-refractivity contribution in [1.82, 2.24) is 9.62 Å². The number of carbonyl (C=O) groups excluding carboxylic acids is 2. The smallest absolute Gasteiger partial charge is 0.249 e. The van der Waals surface area contributed by atoms with Crippen LogP contribution in [0.15, 0.2) is 124 Å². The van der Waals surface area contributed by atoms with Crippen LogP contribution in [-0.4, -0.2) is 30.5 Å². The van der Waals surface area contributed by atoms with Crippen molar-refractivity contribution in [2.45, 2.75) is 42.8 Å². The van der Waals surface area contributed by atoms with Crippen molar-refractivity contribution in [2.75, 3.05) is 0 Å². The zero-order valence-corrected chi connectivity index (χ0v) is 27.6. The molecule has 0 saturated carbocycles. The highest BCUT2D eigenvalue weighted by atomic mass is 79.9. The predicted molar refractivity (Wildman–Crippen MR) is 177 cm³/mol. The van der Waals surface area contributed by atoms with Gasteiger partial charge in [0.1, 0.15) is 0 Å². The minimum atomic E-state index is -4.22. The normalized spacial score (nSPS) is 17.9. The van der Waals surface area contributed by atoms with E-state index in [2.05, 4.69) is 21.2 Å². The minimum absolute atomic E-state index is 0.0621. The average molecular weight is 712 g/mol. The number of amides is 1. The second-order valence-corrected chi connectivity index (χ2v) is 14.2. The number of hydrogen-bond acceptors (Lipinski definition) is 4. The first-order valence-electron chi connectivity index (χ1n) is 13.9. The Kier molecular flexibility index (Phi) is 10.1. The Bertz CT molecular complexity index is 1810. The largest absolute Gasteiger partial charge is 0.342 e. The van der Waals surface area contributed by atoms with Gasteiger partial charge in [0.15, 0.2) is 5.78 Å². The lowest BCUT2D eigenvalue weighted by molar-refractivity contribution is -0.125. The molecule has 10 heteroatoms. The molecule has 1 amide bonds. The van der Waals surface area contributed by atoms with Crippen molar-refractivity contribution in [1.29, 1.82) is 0 Å². The van der Waals surface area contributed by atoms with E-state index in [9.17, 15) is 18.0 Å². The number of ketones is 1. The van der Waals surface area contributed by atoms with Crippen molar-refractivity contribution in [3.05, 3.63) is 146 Å². The third kappa shape index (κ3) is 7.16. The molecule has 0 fully saturated rings. The number of nitrogens with zero attached hydrogens (tertiary/aromatic N) is 1. The highest BCUT2D eigenvalue weighted by Gasteiger charge is 2.45. The SMILES string of the molecule is CC(=O)[C@H](Cc1ccccc1)NC(=O)C1=CCC(c2cccc(Cl)c2)N(S(=O)(=O)c2ccc(Br)cc2)[C@H]1c1cccc(Cl)c1. The summed E-state index contributed by atoms with van der Waals surface area (Å²) < 4.78 is 31.3. The topological polar surface area (TPSA) is 83.6 Å². The van der Waals surface area contributed by atoms with Gasteiger partial charge in [0.2, 0.25) is 15.9 Å². The van der Waals surface area contributed by atoms with Gasteiger partial charge in [-0.15, -0.1) is 0 Å². The zero-order chi connectivity index (χ0) is 31.4. The van der Waals surface area contributed by atoms with Crippen LogP contribution in [0.5, 0.6) is 0 Å². The summed E-state index contributed by atoms with van der Waals surface area (Å²) in [6.45, 7) is 1.43. The standard InChI is InChI=1S/C34H29BrCl2N2O4S/c1-22(40)31(19-23-7-3-2-4-8-23)38-34(41)30-17-18-32(24-9-5-11-27(36)20-24)39(33(30)25-10-6-12-28(37)21-25)44(42,43)29-15-13-26(35)14-16-29/h2-17,20-21,31-33H,18-19H2,1H3,(H,38,41)/t31-,32?,33-/m0/s1. The molecule has 6 nitrogen and oxygen atoms in total. The summed E-state index contributed by atoms with van der Waals surface area (Å²) in [4.78, 5) is 26.9. The molecule has 1 N–H and O–H groups in total. The van der Waals surface area contributed by atoms with Crippen LogP contribution < -0.4 is 5.32 Å². The quantitative estimate of drug-likeness (QED) is 0.192. The molecular weight excluding hydrogens is 683 g/mol. The summed E-state index contributed by atoms with van der Waals surface area (Å²) in [7, 11) is -4.22. The molecule has 1 unspecified atom stereocenters. The molecule has 4 aromatic rings. The summed E-state index contributed by atoms with van der Waals surface area (Å²) >= 11 is 16.2. The fourth-order valence-corrected chi connectivity index (χ4v) is 7.85. The molecule has 226 valence electrons. The Morgan fingerprint density at radius 3 is 2.11 bits per heavy atom. The lowest BCUT2D eigenvalue weighted by Gasteiger charge is -2.41. The van der Waals surface area contributed by atoms with Gasteiger partial charge in [-0.25, -0.2) is 8.42 Å². The minimum Gasteiger partial charge on any atom is -0.342 e. The third-order valence-corrected chi connectivity index (χ3v) is 10.4. The van der Waals surface area contributed by atoms with Crippen LogP contribution in [0, 0.1) is 0 Å². The molecule has 0 aromatic heterocycles. The van der Waals surface area contributed by atoms with Crippen LogP contribution in [0.4, 0.5) is 0 Å². The van der Waals surface area contributed by atoms with Gasteiger partial charge >= 0.3 is 0 Å². The Balaban J connectivity index is 1.65. The Labute approximate surface area is 275 Å². The summed E-state index contributed by atoms with van der Waals surface area (Å²) in [5.74, 6) is -0.749. The number of sulfonamides is 1. The lowest BCUT2D eigenvalue weighted by Crippen LogP contribution is -2.47. The van der Waals surface area contributed by atoms with E-state index in [4.69, 9.17) is 23.2 Å². The van der Waals surface area contributed by atoms with Gasteiger partial charge in [0.25, 0.3) is 0 Å². The number of rotatable bonds is 9. The fourth-order valence-electron chi connectivity index (χ4n) is 5.41. The van der Waals surface area contributed by atoms with Gasteiger partial charge in [-0.05, 0) is 85.0 Å². The molecule has 5 rings (SSSR count). The van der Waals surface area contributed by atoms with E-state index >= 15 is 0 Å². The first-order valence-corrected chi connectivity index (χ1v) is 16.9. The average Bonchev–Trinajstić information content (AvgIpc) is 3.00. The van der Waals surface area contributed by atoms with Gasteiger partial charge in [-0.3, -0.25) is 9.59 Å². The molecular formula is C34H29BrCl2N2O4S. The number of benzene rings is 4. The van der Waals surface area contributed by atoms with E-state index in [1.165, 1.54) is 23.4 Å². The van der Waals surface area contributed by atoms with E-state index in [-0.39, 0.29) is 22.7 Å². The van der Waals surface area contributed by atoms with E-state index in [0.29, 0.717) is 27.6 Å². The lowest BCUT2D eigenvalue weighted by atomic mass is 9.88. The van der Waals surface area contributed by atoms with Gasteiger partial charge in [0, 0.05) is 20.1 Å². The van der Waals surface area contributed by atoms with Gasteiger partial charge in [-0.1, -0.05) is 99.8 Å². The fraction of sp³-hybridized carbons (Fsp3) is 0.176. The molecule has 44 heavy (non-hydrogen) atoms. The molecule has 0 radical (unpaired) electrons. The summed E-state index contributed by atoms with van der Waals surface area (Å²) in [5.41, 5.74) is 2.27. The maximum absolute atomic E-state index is 14.6. The maximum Gasteiger partial charge on any atom is 0.249 e. The molecule has 4 aromatic carbocycles. The Hall–Kier alpha value is -3.27. The van der Waals surface area contributed by atoms with Crippen LogP contribution in [0.25, 0.3) is 0 Å². The molecule has 0 bridgehead atoms. The number of halogens is 3. The first kappa shape index (κ1) is 32.1. The molecule has 3 atom stereocenters. The summed E-state index contributed by atoms with van der Waals surface area (Å²) in [6.07, 6.45) is 2.24. The van der Waals surface area contributed by atoms with Crippen molar-refractivity contribution < 1.29 is 18.0 Å².